The number of rotatable bonds is 4. The number of nitrogens with zero attached hydrogens (tertiary/aromatic N) is 2. The molecule has 4 rings (SSSR count). The summed E-state index contributed by atoms with van der Waals surface area (Å²) in [6.45, 7) is 0.933. The summed E-state index contributed by atoms with van der Waals surface area (Å²) in [6, 6.07) is 5.57. The highest BCUT2D eigenvalue weighted by molar-refractivity contribution is 7.22. The van der Waals surface area contributed by atoms with Gasteiger partial charge in [0, 0.05) is 18.1 Å². The second kappa shape index (κ2) is 5.86. The molecule has 2 aliphatic rings. The van der Waals surface area contributed by atoms with E-state index in [9.17, 15) is 15.0 Å². The van der Waals surface area contributed by atoms with Gasteiger partial charge in [0.15, 0.2) is 5.13 Å². The van der Waals surface area contributed by atoms with Crippen molar-refractivity contribution in [3.63, 3.8) is 0 Å². The second-order valence-electron chi connectivity index (χ2n) is 6.94. The van der Waals surface area contributed by atoms with E-state index in [2.05, 4.69) is 4.98 Å². The number of carboxylic acid groups (broad SMARTS) is 1. The van der Waals surface area contributed by atoms with Crippen LogP contribution in [0.3, 0.4) is 0 Å². The van der Waals surface area contributed by atoms with Crippen LogP contribution in [0.4, 0.5) is 5.13 Å². The van der Waals surface area contributed by atoms with Crippen LogP contribution in [0.15, 0.2) is 18.2 Å². The minimum absolute atomic E-state index is 0.313. The summed E-state index contributed by atoms with van der Waals surface area (Å²) in [5, 5.41) is 21.8. The number of halogens is 1. The van der Waals surface area contributed by atoms with Gasteiger partial charge in [0.05, 0.1) is 16.3 Å². The van der Waals surface area contributed by atoms with E-state index in [0.29, 0.717) is 36.9 Å². The lowest BCUT2D eigenvalue weighted by molar-refractivity contribution is -0.158. The zero-order valence-corrected chi connectivity index (χ0v) is 14.7. The Hall–Kier alpha value is -1.37. The molecule has 2 atom stereocenters. The fourth-order valence-electron chi connectivity index (χ4n) is 3.60. The topological polar surface area (TPSA) is 73.7 Å². The van der Waals surface area contributed by atoms with Crippen LogP contribution in [0.1, 0.15) is 25.7 Å². The summed E-state index contributed by atoms with van der Waals surface area (Å²) in [7, 11) is 0. The smallest absolute Gasteiger partial charge is 0.314 e. The van der Waals surface area contributed by atoms with Gasteiger partial charge in [-0.2, -0.15) is 0 Å². The van der Waals surface area contributed by atoms with Gasteiger partial charge >= 0.3 is 5.97 Å². The number of aliphatic hydroxyl groups excluding tert-OH is 1. The van der Waals surface area contributed by atoms with E-state index in [4.69, 9.17) is 11.6 Å². The Labute approximate surface area is 148 Å². The maximum Gasteiger partial charge on any atom is 0.314 e. The van der Waals surface area contributed by atoms with Crippen LogP contribution in [-0.4, -0.2) is 40.4 Å². The van der Waals surface area contributed by atoms with Gasteiger partial charge in [-0.3, -0.25) is 4.79 Å². The lowest BCUT2D eigenvalue weighted by atomic mass is 9.73. The van der Waals surface area contributed by atoms with Gasteiger partial charge in [0.1, 0.15) is 5.41 Å². The van der Waals surface area contributed by atoms with Crippen molar-refractivity contribution in [3.8, 4) is 0 Å². The Kier molecular flexibility index (Phi) is 3.94. The number of carboxylic acids is 1. The molecule has 0 radical (unpaired) electrons. The van der Waals surface area contributed by atoms with E-state index in [1.807, 2.05) is 23.1 Å². The van der Waals surface area contributed by atoms with Crippen molar-refractivity contribution in [1.29, 1.82) is 0 Å². The normalized spacial score (nSPS) is 27.6. The Balaban J connectivity index is 1.66. The molecule has 2 N–H and O–H groups in total. The first-order valence-electron chi connectivity index (χ1n) is 8.20. The van der Waals surface area contributed by atoms with Gasteiger partial charge in [-0.25, -0.2) is 4.98 Å². The zero-order chi connectivity index (χ0) is 16.9. The number of aliphatic carboxylic acids is 1. The zero-order valence-electron chi connectivity index (χ0n) is 13.1. The first-order valence-corrected chi connectivity index (χ1v) is 9.40. The number of aromatic nitrogens is 1. The third-order valence-electron chi connectivity index (χ3n) is 5.17. The molecule has 2 aromatic rings. The van der Waals surface area contributed by atoms with Gasteiger partial charge in [-0.15, -0.1) is 0 Å². The summed E-state index contributed by atoms with van der Waals surface area (Å²) in [6.07, 6.45) is 2.35. The van der Waals surface area contributed by atoms with E-state index in [1.165, 1.54) is 11.3 Å². The van der Waals surface area contributed by atoms with Crippen LogP contribution in [0, 0.1) is 11.3 Å². The summed E-state index contributed by atoms with van der Waals surface area (Å²) in [5.41, 5.74) is -0.219. The minimum Gasteiger partial charge on any atom is -0.481 e. The predicted molar refractivity (Wildman–Crippen MR) is 94.9 cm³/mol. The van der Waals surface area contributed by atoms with E-state index in [-0.39, 0.29) is 0 Å². The third-order valence-corrected chi connectivity index (χ3v) is 6.48. The maximum absolute atomic E-state index is 12.0. The lowest BCUT2D eigenvalue weighted by Gasteiger charge is -2.43. The SMILES string of the molecule is O=C(O)[C@@]1(CC2CC2)CN(c2nc3ccc(Cl)cc3s2)CC[C@@H]1O. The average molecular weight is 367 g/mol. The summed E-state index contributed by atoms with van der Waals surface area (Å²) in [5.74, 6) is -0.458. The molecule has 2 fully saturated rings. The van der Waals surface area contributed by atoms with E-state index in [0.717, 1.165) is 28.2 Å². The summed E-state index contributed by atoms with van der Waals surface area (Å²) < 4.78 is 0.992. The second-order valence-corrected chi connectivity index (χ2v) is 8.39. The molecule has 7 heteroatoms. The van der Waals surface area contributed by atoms with Gasteiger partial charge < -0.3 is 15.1 Å². The van der Waals surface area contributed by atoms with Crippen LogP contribution < -0.4 is 4.90 Å². The van der Waals surface area contributed by atoms with Crippen molar-refractivity contribution in [1.82, 2.24) is 4.98 Å². The van der Waals surface area contributed by atoms with E-state index in [1.54, 1.807) is 0 Å². The van der Waals surface area contributed by atoms with Gasteiger partial charge in [0.2, 0.25) is 0 Å². The van der Waals surface area contributed by atoms with Crippen molar-refractivity contribution in [2.75, 3.05) is 18.0 Å². The Morgan fingerprint density at radius 3 is 2.92 bits per heavy atom. The third kappa shape index (κ3) is 2.76. The fourth-order valence-corrected chi connectivity index (χ4v) is 4.87. The molecule has 1 aliphatic carbocycles. The quantitative estimate of drug-likeness (QED) is 0.867. The largest absolute Gasteiger partial charge is 0.481 e. The van der Waals surface area contributed by atoms with E-state index < -0.39 is 17.5 Å². The Morgan fingerprint density at radius 2 is 2.21 bits per heavy atom. The molecule has 24 heavy (non-hydrogen) atoms. The summed E-state index contributed by atoms with van der Waals surface area (Å²) >= 11 is 7.56. The Bertz CT molecular complexity index is 791. The molecular formula is C17H19ClN2O3S. The van der Waals surface area contributed by atoms with Crippen LogP contribution in [0.25, 0.3) is 10.2 Å². The molecule has 1 aromatic carbocycles. The number of thiazole rings is 1. The monoisotopic (exact) mass is 366 g/mol. The lowest BCUT2D eigenvalue weighted by Crippen LogP contribution is -2.56. The first-order chi connectivity index (χ1) is 11.5. The number of fused-ring (bicyclic) bond motifs is 1. The van der Waals surface area contributed by atoms with Crippen LogP contribution >= 0.6 is 22.9 Å². The van der Waals surface area contributed by atoms with E-state index >= 15 is 0 Å². The maximum atomic E-state index is 12.0. The molecule has 0 spiro atoms. The molecule has 2 heterocycles. The highest BCUT2D eigenvalue weighted by Gasteiger charge is 2.52. The van der Waals surface area contributed by atoms with Crippen molar-refractivity contribution in [3.05, 3.63) is 23.2 Å². The van der Waals surface area contributed by atoms with Crippen molar-refractivity contribution < 1.29 is 15.0 Å². The number of anilines is 1. The van der Waals surface area contributed by atoms with Crippen LogP contribution in [0.2, 0.25) is 5.02 Å². The highest BCUT2D eigenvalue weighted by atomic mass is 35.5. The van der Waals surface area contributed by atoms with Gasteiger partial charge in [-0.05, 0) is 37.0 Å². The predicted octanol–water partition coefficient (Wildman–Crippen LogP) is 3.39. The standard InChI is InChI=1S/C17H19ClN2O3S/c18-11-3-4-12-13(7-11)24-16(19-12)20-6-5-14(21)17(9-20,15(22)23)8-10-1-2-10/h3-4,7,10,14,21H,1-2,5-6,8-9H2,(H,22,23)/t14-,17-/m0/s1. The number of piperidine rings is 1. The van der Waals surface area contributed by atoms with Crippen molar-refractivity contribution in [2.45, 2.75) is 31.8 Å². The van der Waals surface area contributed by atoms with Crippen LogP contribution in [-0.2, 0) is 4.79 Å². The molecule has 5 nitrogen and oxygen atoms in total. The highest BCUT2D eigenvalue weighted by Crippen LogP contribution is 2.46. The average Bonchev–Trinajstić information content (AvgIpc) is 3.25. The number of hydrogen-bond donors (Lipinski definition) is 2. The molecule has 0 amide bonds. The molecular weight excluding hydrogens is 348 g/mol. The molecule has 1 aliphatic heterocycles. The molecule has 1 aromatic heterocycles. The molecule has 128 valence electrons. The van der Waals surface area contributed by atoms with Crippen LogP contribution in [0.5, 0.6) is 0 Å². The number of benzene rings is 1. The first kappa shape index (κ1) is 16.1. The van der Waals surface area contributed by atoms with Crippen molar-refractivity contribution in [2.24, 2.45) is 11.3 Å². The number of carbonyl (C=O) groups is 1. The number of hydrogen-bond acceptors (Lipinski definition) is 5. The molecule has 1 saturated carbocycles. The Morgan fingerprint density at radius 1 is 1.42 bits per heavy atom. The minimum atomic E-state index is -1.09. The van der Waals surface area contributed by atoms with Crippen molar-refractivity contribution >= 4 is 44.3 Å². The van der Waals surface area contributed by atoms with Gasteiger partial charge in [0.25, 0.3) is 0 Å². The number of aliphatic hydroxyl groups is 1. The molecule has 0 bridgehead atoms. The van der Waals surface area contributed by atoms with Gasteiger partial charge in [-0.1, -0.05) is 35.8 Å². The fraction of sp³-hybridized carbons (Fsp3) is 0.529. The molecule has 1 saturated heterocycles. The summed E-state index contributed by atoms with van der Waals surface area (Å²) in [4.78, 5) is 18.7. The molecule has 0 unspecified atom stereocenters.